The maximum absolute atomic E-state index is 13.0. The number of alkyl halides is 3. The molecule has 148 valence electrons. The van der Waals surface area contributed by atoms with Crippen LogP contribution in [0.5, 0.6) is 0 Å². The zero-order valence-electron chi connectivity index (χ0n) is 14.3. The summed E-state index contributed by atoms with van der Waals surface area (Å²) in [5.41, 5.74) is -0.552. The lowest BCUT2D eigenvalue weighted by Crippen LogP contribution is -2.27. The molecule has 3 rings (SSSR count). The second kappa shape index (κ2) is 7.53. The molecule has 0 N–H and O–H groups in total. The van der Waals surface area contributed by atoms with Gasteiger partial charge in [-0.2, -0.15) is 22.5 Å². The first-order valence-corrected chi connectivity index (χ1v) is 9.62. The molecule has 1 aromatic heterocycles. The Morgan fingerprint density at radius 1 is 1.14 bits per heavy atom. The number of benzene rings is 2. The third-order valence-corrected chi connectivity index (χ3v) is 5.94. The van der Waals surface area contributed by atoms with Crippen molar-refractivity contribution in [1.29, 1.82) is 0 Å². The molecule has 0 fully saturated rings. The second-order valence-electron chi connectivity index (χ2n) is 5.78. The van der Waals surface area contributed by atoms with E-state index in [1.54, 1.807) is 24.3 Å². The minimum Gasteiger partial charge on any atom is -0.338 e. The van der Waals surface area contributed by atoms with Crippen LogP contribution >= 0.6 is 11.6 Å². The van der Waals surface area contributed by atoms with Crippen LogP contribution in [-0.2, 0) is 22.7 Å². The largest absolute Gasteiger partial charge is 0.417 e. The van der Waals surface area contributed by atoms with Gasteiger partial charge in [0.1, 0.15) is 0 Å². The topological polar surface area (TPSA) is 76.3 Å². The molecule has 1 heterocycles. The standard InChI is InChI=1S/C17H13ClF3N3O3S/c1-24(10-15-22-16(23-27-15)11-5-3-2-4-6-11)28(25,26)12-7-8-14(18)13(9-12)17(19,20)21/h2-9H,10H2,1H3. The highest BCUT2D eigenvalue weighted by atomic mass is 35.5. The van der Waals surface area contributed by atoms with Crippen LogP contribution in [0.25, 0.3) is 11.4 Å². The first-order valence-electron chi connectivity index (χ1n) is 7.80. The molecule has 0 bridgehead atoms. The van der Waals surface area contributed by atoms with E-state index in [2.05, 4.69) is 10.1 Å². The van der Waals surface area contributed by atoms with Crippen molar-refractivity contribution in [3.63, 3.8) is 0 Å². The summed E-state index contributed by atoms with van der Waals surface area (Å²) in [4.78, 5) is 3.57. The third-order valence-electron chi connectivity index (χ3n) is 3.81. The van der Waals surface area contributed by atoms with Crippen LogP contribution in [0.15, 0.2) is 57.9 Å². The third kappa shape index (κ3) is 4.18. The number of halogens is 4. The fraction of sp³-hybridized carbons (Fsp3) is 0.176. The number of aromatic nitrogens is 2. The average molecular weight is 432 g/mol. The smallest absolute Gasteiger partial charge is 0.338 e. The molecular formula is C17H13ClF3N3O3S. The molecule has 0 aliphatic carbocycles. The lowest BCUT2D eigenvalue weighted by atomic mass is 10.2. The van der Waals surface area contributed by atoms with E-state index in [0.29, 0.717) is 11.6 Å². The van der Waals surface area contributed by atoms with Crippen LogP contribution in [0.1, 0.15) is 11.5 Å². The minimum absolute atomic E-state index is 0.00469. The van der Waals surface area contributed by atoms with Gasteiger partial charge in [-0.25, -0.2) is 8.42 Å². The molecular weight excluding hydrogens is 419 g/mol. The normalized spacial score (nSPS) is 12.5. The predicted octanol–water partition coefficient (Wildman–Crippen LogP) is 4.23. The zero-order chi connectivity index (χ0) is 20.5. The number of hydrogen-bond acceptors (Lipinski definition) is 5. The summed E-state index contributed by atoms with van der Waals surface area (Å²) in [6.45, 7) is -0.313. The summed E-state index contributed by atoms with van der Waals surface area (Å²) in [6.07, 6.45) is -4.78. The highest BCUT2D eigenvalue weighted by Gasteiger charge is 2.35. The number of rotatable bonds is 5. The maximum Gasteiger partial charge on any atom is 0.417 e. The SMILES string of the molecule is CN(Cc1nc(-c2ccccc2)no1)S(=O)(=O)c1ccc(Cl)c(C(F)(F)F)c1. The highest BCUT2D eigenvalue weighted by molar-refractivity contribution is 7.89. The van der Waals surface area contributed by atoms with E-state index in [0.717, 1.165) is 16.4 Å². The van der Waals surface area contributed by atoms with Gasteiger partial charge < -0.3 is 4.52 Å². The summed E-state index contributed by atoms with van der Waals surface area (Å²) in [6, 6.07) is 11.3. The first kappa shape index (κ1) is 20.3. The Bertz CT molecular complexity index is 1090. The van der Waals surface area contributed by atoms with Crippen molar-refractivity contribution in [2.45, 2.75) is 17.6 Å². The molecule has 6 nitrogen and oxygen atoms in total. The monoisotopic (exact) mass is 431 g/mol. The molecule has 11 heteroatoms. The van der Waals surface area contributed by atoms with Gasteiger partial charge in [0.25, 0.3) is 0 Å². The first-order chi connectivity index (χ1) is 13.1. The summed E-state index contributed by atoms with van der Waals surface area (Å²) in [7, 11) is -3.05. The maximum atomic E-state index is 13.0. The van der Waals surface area contributed by atoms with Crippen molar-refractivity contribution in [2.24, 2.45) is 0 Å². The predicted molar refractivity (Wildman–Crippen MR) is 94.8 cm³/mol. The van der Waals surface area contributed by atoms with E-state index in [9.17, 15) is 21.6 Å². The fourth-order valence-electron chi connectivity index (χ4n) is 2.36. The van der Waals surface area contributed by atoms with E-state index in [1.807, 2.05) is 6.07 Å². The number of sulfonamides is 1. The summed E-state index contributed by atoms with van der Waals surface area (Å²) >= 11 is 5.54. The summed E-state index contributed by atoms with van der Waals surface area (Å²) in [5, 5.41) is 3.19. The van der Waals surface area contributed by atoms with Gasteiger partial charge in [0.2, 0.25) is 21.7 Å². The average Bonchev–Trinajstić information content (AvgIpc) is 3.10. The van der Waals surface area contributed by atoms with Crippen molar-refractivity contribution < 1.29 is 26.1 Å². The van der Waals surface area contributed by atoms with Crippen LogP contribution in [-0.4, -0.2) is 29.9 Å². The fourth-order valence-corrected chi connectivity index (χ4v) is 3.73. The van der Waals surface area contributed by atoms with Crippen LogP contribution < -0.4 is 0 Å². The molecule has 0 atom stereocenters. The van der Waals surface area contributed by atoms with E-state index in [4.69, 9.17) is 16.1 Å². The molecule has 0 unspecified atom stereocenters. The van der Waals surface area contributed by atoms with Gasteiger partial charge in [-0.05, 0) is 18.2 Å². The van der Waals surface area contributed by atoms with Crippen molar-refractivity contribution in [3.05, 3.63) is 65.0 Å². The van der Waals surface area contributed by atoms with Gasteiger partial charge in [0, 0.05) is 12.6 Å². The lowest BCUT2D eigenvalue weighted by molar-refractivity contribution is -0.137. The minimum atomic E-state index is -4.78. The highest BCUT2D eigenvalue weighted by Crippen LogP contribution is 2.36. The molecule has 3 aromatic rings. The summed E-state index contributed by atoms with van der Waals surface area (Å²) in [5.74, 6) is 0.266. The van der Waals surface area contributed by atoms with Crippen LogP contribution in [0.4, 0.5) is 13.2 Å². The van der Waals surface area contributed by atoms with Gasteiger partial charge in [-0.1, -0.05) is 47.1 Å². The van der Waals surface area contributed by atoms with Gasteiger partial charge in [0.05, 0.1) is 22.0 Å². The molecule has 0 aliphatic rings. The van der Waals surface area contributed by atoms with Crippen molar-refractivity contribution in [3.8, 4) is 11.4 Å². The van der Waals surface area contributed by atoms with Crippen LogP contribution in [0.3, 0.4) is 0 Å². The van der Waals surface area contributed by atoms with Crippen molar-refractivity contribution in [2.75, 3.05) is 7.05 Å². The van der Waals surface area contributed by atoms with Gasteiger partial charge >= 0.3 is 6.18 Å². The van der Waals surface area contributed by atoms with Gasteiger partial charge in [-0.3, -0.25) is 0 Å². The second-order valence-corrected chi connectivity index (χ2v) is 8.23. The van der Waals surface area contributed by atoms with Gasteiger partial charge in [0.15, 0.2) is 0 Å². The van der Waals surface area contributed by atoms with Crippen LogP contribution in [0, 0.1) is 0 Å². The van der Waals surface area contributed by atoms with Crippen molar-refractivity contribution in [1.82, 2.24) is 14.4 Å². The Kier molecular flexibility index (Phi) is 5.46. The van der Waals surface area contributed by atoms with E-state index in [-0.39, 0.29) is 18.3 Å². The van der Waals surface area contributed by atoms with E-state index in [1.165, 1.54) is 7.05 Å². The molecule has 0 radical (unpaired) electrons. The Morgan fingerprint density at radius 3 is 2.46 bits per heavy atom. The van der Waals surface area contributed by atoms with Crippen molar-refractivity contribution >= 4 is 21.6 Å². The molecule has 28 heavy (non-hydrogen) atoms. The van der Waals surface area contributed by atoms with Crippen LogP contribution in [0.2, 0.25) is 5.02 Å². The zero-order valence-corrected chi connectivity index (χ0v) is 15.9. The van der Waals surface area contributed by atoms with Gasteiger partial charge in [-0.15, -0.1) is 0 Å². The Balaban J connectivity index is 1.84. The molecule has 0 saturated carbocycles. The molecule has 0 spiro atoms. The molecule has 0 aliphatic heterocycles. The molecule has 0 amide bonds. The lowest BCUT2D eigenvalue weighted by Gasteiger charge is -2.17. The Morgan fingerprint density at radius 2 is 1.82 bits per heavy atom. The van der Waals surface area contributed by atoms with E-state index < -0.39 is 31.7 Å². The quantitative estimate of drug-likeness (QED) is 0.604. The number of nitrogens with zero attached hydrogens (tertiary/aromatic N) is 3. The Hall–Kier alpha value is -2.43. The Labute approximate surface area is 163 Å². The molecule has 2 aromatic carbocycles. The summed E-state index contributed by atoms with van der Waals surface area (Å²) < 4.78 is 70.1. The number of hydrogen-bond donors (Lipinski definition) is 0. The van der Waals surface area contributed by atoms with E-state index >= 15 is 0 Å². The molecule has 0 saturated heterocycles.